The first-order valence-corrected chi connectivity index (χ1v) is 10.3. The molecule has 2 heterocycles. The Morgan fingerprint density at radius 1 is 1.13 bits per heavy atom. The second kappa shape index (κ2) is 10.8. The van der Waals surface area contributed by atoms with Gasteiger partial charge >= 0.3 is 0 Å². The predicted octanol–water partition coefficient (Wildman–Crippen LogP) is 1.92. The number of nitrogens with zero attached hydrogens (tertiary/aromatic N) is 1. The minimum atomic E-state index is -0.532. The number of rotatable bonds is 8. The van der Waals surface area contributed by atoms with E-state index in [2.05, 4.69) is 15.6 Å². The van der Waals surface area contributed by atoms with Gasteiger partial charge in [0, 0.05) is 11.9 Å². The van der Waals surface area contributed by atoms with Crippen molar-refractivity contribution in [2.24, 2.45) is 0 Å². The number of aromatic nitrogens is 1. The van der Waals surface area contributed by atoms with E-state index in [4.69, 9.17) is 4.74 Å². The summed E-state index contributed by atoms with van der Waals surface area (Å²) in [4.78, 5) is 28.9. The van der Waals surface area contributed by atoms with Crippen LogP contribution in [0.15, 0.2) is 54.7 Å². The quantitative estimate of drug-likeness (QED) is 0.616. The van der Waals surface area contributed by atoms with Crippen LogP contribution in [0.4, 0.5) is 0 Å². The van der Waals surface area contributed by atoms with Crippen LogP contribution in [-0.4, -0.2) is 46.8 Å². The van der Waals surface area contributed by atoms with E-state index in [1.807, 2.05) is 43.3 Å². The van der Waals surface area contributed by atoms with Gasteiger partial charge in [-0.15, -0.1) is 0 Å². The van der Waals surface area contributed by atoms with Crippen molar-refractivity contribution >= 4 is 11.8 Å². The van der Waals surface area contributed by atoms with Gasteiger partial charge in [-0.25, -0.2) is 0 Å². The molecule has 1 aromatic carbocycles. The fourth-order valence-corrected chi connectivity index (χ4v) is 3.70. The molecule has 2 aromatic rings. The van der Waals surface area contributed by atoms with Crippen molar-refractivity contribution in [3.8, 4) is 0 Å². The fraction of sp³-hybridized carbons (Fsp3) is 0.435. The van der Waals surface area contributed by atoms with Crippen LogP contribution in [0.3, 0.4) is 0 Å². The van der Waals surface area contributed by atoms with Gasteiger partial charge in [0.2, 0.25) is 11.8 Å². The summed E-state index contributed by atoms with van der Waals surface area (Å²) in [6.07, 6.45) is 2.52. The molecular formula is C23H29N3O4. The van der Waals surface area contributed by atoms with Gasteiger partial charge in [0.25, 0.3) is 0 Å². The Morgan fingerprint density at radius 2 is 1.90 bits per heavy atom. The summed E-state index contributed by atoms with van der Waals surface area (Å²) in [6, 6.07) is 14.8. The lowest BCUT2D eigenvalue weighted by Gasteiger charge is -2.36. The van der Waals surface area contributed by atoms with Crippen molar-refractivity contribution in [3.05, 3.63) is 66.0 Å². The molecule has 0 aliphatic carbocycles. The Hall–Kier alpha value is -2.77. The van der Waals surface area contributed by atoms with Crippen LogP contribution < -0.4 is 10.6 Å². The van der Waals surface area contributed by atoms with Gasteiger partial charge in [-0.05, 0) is 37.5 Å². The molecular weight excluding hydrogens is 382 g/mol. The monoisotopic (exact) mass is 411 g/mol. The van der Waals surface area contributed by atoms with E-state index in [0.717, 1.165) is 5.56 Å². The standard InChI is InChI=1S/C23H29N3O4/c1-16(17-7-3-2-4-8-17)25-23(29)14-19-10-11-20(21(15-27)30-19)26-22(28)13-18-9-5-6-12-24-18/h2-9,12,16,19-21,27H,10-11,13-15H2,1H3,(H,25,29)(H,26,28)/t16-,19-,20+,21-/m0/s1. The van der Waals surface area contributed by atoms with Gasteiger partial charge < -0.3 is 20.5 Å². The Labute approximate surface area is 176 Å². The first-order chi connectivity index (χ1) is 14.5. The van der Waals surface area contributed by atoms with E-state index in [1.165, 1.54) is 0 Å². The summed E-state index contributed by atoms with van der Waals surface area (Å²) in [5, 5.41) is 15.6. The van der Waals surface area contributed by atoms with Gasteiger partial charge in [-0.2, -0.15) is 0 Å². The van der Waals surface area contributed by atoms with Crippen LogP contribution in [-0.2, 0) is 20.7 Å². The fourth-order valence-electron chi connectivity index (χ4n) is 3.70. The van der Waals surface area contributed by atoms with E-state index < -0.39 is 6.10 Å². The number of benzene rings is 1. The molecule has 1 saturated heterocycles. The van der Waals surface area contributed by atoms with E-state index in [0.29, 0.717) is 18.5 Å². The lowest BCUT2D eigenvalue weighted by atomic mass is 9.96. The molecule has 3 rings (SSSR count). The number of aliphatic hydroxyl groups is 1. The largest absolute Gasteiger partial charge is 0.394 e. The number of amides is 2. The maximum atomic E-state index is 12.4. The van der Waals surface area contributed by atoms with Crippen LogP contribution in [0.5, 0.6) is 0 Å². The van der Waals surface area contributed by atoms with Crippen LogP contribution in [0, 0.1) is 0 Å². The Kier molecular flexibility index (Phi) is 7.93. The van der Waals surface area contributed by atoms with E-state index in [9.17, 15) is 14.7 Å². The van der Waals surface area contributed by atoms with Gasteiger partial charge in [0.05, 0.1) is 37.6 Å². The lowest BCUT2D eigenvalue weighted by Crippen LogP contribution is -2.51. The summed E-state index contributed by atoms with van der Waals surface area (Å²) in [7, 11) is 0. The number of ether oxygens (including phenoxy) is 1. The number of pyridine rings is 1. The summed E-state index contributed by atoms with van der Waals surface area (Å²) in [5.41, 5.74) is 1.73. The Morgan fingerprint density at radius 3 is 2.60 bits per heavy atom. The Balaban J connectivity index is 1.46. The summed E-state index contributed by atoms with van der Waals surface area (Å²) in [6.45, 7) is 1.73. The number of hydrogen-bond acceptors (Lipinski definition) is 5. The zero-order chi connectivity index (χ0) is 21.3. The van der Waals surface area contributed by atoms with Gasteiger partial charge in [0.1, 0.15) is 6.10 Å². The first-order valence-electron chi connectivity index (χ1n) is 10.3. The van der Waals surface area contributed by atoms with Crippen LogP contribution in [0.25, 0.3) is 0 Å². The molecule has 7 nitrogen and oxygen atoms in total. The third-order valence-corrected chi connectivity index (χ3v) is 5.30. The van der Waals surface area contributed by atoms with Gasteiger partial charge in [0.15, 0.2) is 0 Å². The van der Waals surface area contributed by atoms with Crippen LogP contribution in [0.2, 0.25) is 0 Å². The second-order valence-corrected chi connectivity index (χ2v) is 7.63. The maximum Gasteiger partial charge on any atom is 0.226 e. The summed E-state index contributed by atoms with van der Waals surface area (Å²) >= 11 is 0. The highest BCUT2D eigenvalue weighted by molar-refractivity contribution is 5.78. The molecule has 0 unspecified atom stereocenters. The average Bonchev–Trinajstić information content (AvgIpc) is 2.76. The lowest BCUT2D eigenvalue weighted by molar-refractivity contribution is -0.136. The molecule has 0 spiro atoms. The smallest absolute Gasteiger partial charge is 0.226 e. The molecule has 2 amide bonds. The highest BCUT2D eigenvalue weighted by Gasteiger charge is 2.33. The van der Waals surface area contributed by atoms with E-state index >= 15 is 0 Å². The molecule has 7 heteroatoms. The first kappa shape index (κ1) is 21.9. The third-order valence-electron chi connectivity index (χ3n) is 5.30. The van der Waals surface area contributed by atoms with Crippen molar-refractivity contribution in [2.75, 3.05) is 6.61 Å². The molecule has 4 atom stereocenters. The Bertz CT molecular complexity index is 816. The average molecular weight is 412 g/mol. The predicted molar refractivity (Wildman–Crippen MR) is 112 cm³/mol. The van der Waals surface area contributed by atoms with Crippen LogP contribution >= 0.6 is 0 Å². The molecule has 0 bridgehead atoms. The van der Waals surface area contributed by atoms with Crippen molar-refractivity contribution < 1.29 is 19.4 Å². The molecule has 0 saturated carbocycles. The molecule has 3 N–H and O–H groups in total. The maximum absolute atomic E-state index is 12.4. The van der Waals surface area contributed by atoms with E-state index in [1.54, 1.807) is 18.3 Å². The number of nitrogens with one attached hydrogen (secondary N) is 2. The van der Waals surface area contributed by atoms with Crippen molar-refractivity contribution in [1.82, 2.24) is 15.6 Å². The molecule has 1 fully saturated rings. The van der Waals surface area contributed by atoms with Crippen molar-refractivity contribution in [1.29, 1.82) is 0 Å². The molecule has 0 radical (unpaired) electrons. The summed E-state index contributed by atoms with van der Waals surface area (Å²) in [5.74, 6) is -0.251. The zero-order valence-corrected chi connectivity index (χ0v) is 17.2. The van der Waals surface area contributed by atoms with Crippen molar-refractivity contribution in [3.63, 3.8) is 0 Å². The second-order valence-electron chi connectivity index (χ2n) is 7.63. The number of hydrogen-bond donors (Lipinski definition) is 3. The molecule has 1 aromatic heterocycles. The van der Waals surface area contributed by atoms with Crippen LogP contribution in [0.1, 0.15) is 43.5 Å². The number of carbonyl (C=O) groups excluding carboxylic acids is 2. The number of carbonyl (C=O) groups is 2. The molecule has 30 heavy (non-hydrogen) atoms. The molecule has 1 aliphatic rings. The van der Waals surface area contributed by atoms with E-state index in [-0.39, 0.29) is 49.5 Å². The number of aliphatic hydroxyl groups excluding tert-OH is 1. The summed E-state index contributed by atoms with van der Waals surface area (Å²) < 4.78 is 5.92. The van der Waals surface area contributed by atoms with Gasteiger partial charge in [-0.3, -0.25) is 14.6 Å². The minimum Gasteiger partial charge on any atom is -0.394 e. The minimum absolute atomic E-state index is 0.0884. The molecule has 1 aliphatic heterocycles. The third kappa shape index (κ3) is 6.37. The highest BCUT2D eigenvalue weighted by Crippen LogP contribution is 2.22. The highest BCUT2D eigenvalue weighted by atomic mass is 16.5. The zero-order valence-electron chi connectivity index (χ0n) is 17.2. The SMILES string of the molecule is C[C@H](NC(=O)C[C@@H]1CC[C@@H](NC(=O)Cc2ccccn2)[C@H](CO)O1)c1ccccc1. The normalized spacial score (nSPS) is 22.1. The van der Waals surface area contributed by atoms with Crippen molar-refractivity contribution in [2.45, 2.75) is 56.9 Å². The molecule has 160 valence electrons. The van der Waals surface area contributed by atoms with Gasteiger partial charge in [-0.1, -0.05) is 36.4 Å². The topological polar surface area (TPSA) is 101 Å².